The van der Waals surface area contributed by atoms with Crippen LogP contribution >= 0.6 is 0 Å². The first-order valence-corrected chi connectivity index (χ1v) is 7.99. The van der Waals surface area contributed by atoms with Gasteiger partial charge in [0.25, 0.3) is 15.7 Å². The molecule has 10 heteroatoms. The predicted molar refractivity (Wildman–Crippen MR) is 71.4 cm³/mol. The Morgan fingerprint density at radius 2 is 2.19 bits per heavy atom. The lowest BCUT2D eigenvalue weighted by molar-refractivity contribution is -0.0413. The van der Waals surface area contributed by atoms with E-state index in [1.807, 2.05) is 0 Å². The van der Waals surface area contributed by atoms with Crippen molar-refractivity contribution in [2.75, 3.05) is 12.9 Å². The van der Waals surface area contributed by atoms with E-state index in [-0.39, 0.29) is 6.42 Å². The minimum Gasteiger partial charge on any atom is -0.394 e. The molecule has 0 unspecified atom stereocenters. The maximum atomic E-state index is 11.8. The van der Waals surface area contributed by atoms with Crippen LogP contribution in [0.1, 0.15) is 18.2 Å². The molecule has 2 N–H and O–H groups in total. The molecule has 3 atom stereocenters. The molecule has 2 heterocycles. The summed E-state index contributed by atoms with van der Waals surface area (Å²) >= 11 is 0. The zero-order chi connectivity index (χ0) is 15.8. The Labute approximate surface area is 120 Å². The molecule has 118 valence electrons. The monoisotopic (exact) mass is 320 g/mol. The summed E-state index contributed by atoms with van der Waals surface area (Å²) in [4.78, 5) is 25.2. The maximum Gasteiger partial charge on any atom is 0.330 e. The van der Waals surface area contributed by atoms with Gasteiger partial charge in [-0.25, -0.2) is 4.79 Å². The van der Waals surface area contributed by atoms with E-state index in [2.05, 4.69) is 4.98 Å². The first-order valence-electron chi connectivity index (χ1n) is 6.18. The average molecular weight is 320 g/mol. The lowest BCUT2D eigenvalue weighted by Crippen LogP contribution is -2.33. The van der Waals surface area contributed by atoms with E-state index in [0.717, 1.165) is 10.8 Å². The molecular weight excluding hydrogens is 304 g/mol. The third-order valence-corrected chi connectivity index (χ3v) is 3.71. The summed E-state index contributed by atoms with van der Waals surface area (Å²) in [6, 6.07) is 0. The van der Waals surface area contributed by atoms with Gasteiger partial charge in [-0.2, -0.15) is 8.42 Å². The summed E-state index contributed by atoms with van der Waals surface area (Å²) in [5, 5.41) is 9.22. The summed E-state index contributed by atoms with van der Waals surface area (Å²) in [7, 11) is -3.72. The highest BCUT2D eigenvalue weighted by atomic mass is 32.2. The van der Waals surface area contributed by atoms with E-state index in [1.54, 1.807) is 0 Å². The quantitative estimate of drug-likeness (QED) is 0.644. The van der Waals surface area contributed by atoms with Crippen LogP contribution in [0.2, 0.25) is 0 Å². The van der Waals surface area contributed by atoms with Crippen LogP contribution in [0, 0.1) is 6.92 Å². The summed E-state index contributed by atoms with van der Waals surface area (Å²) in [6.07, 6.45) is -0.312. The number of H-pyrrole nitrogens is 1. The highest BCUT2D eigenvalue weighted by molar-refractivity contribution is 7.86. The molecule has 0 radical (unpaired) electrons. The SMILES string of the molecule is Cc1cn([C@@H]2C[C@@H](OS(C)(=O)=O)[C@H](CO)O2)c(=O)[nH]c1=O. The van der Waals surface area contributed by atoms with Gasteiger partial charge in [-0.15, -0.1) is 0 Å². The highest BCUT2D eigenvalue weighted by Crippen LogP contribution is 2.30. The average Bonchev–Trinajstić information content (AvgIpc) is 2.74. The van der Waals surface area contributed by atoms with Crippen LogP contribution < -0.4 is 11.2 Å². The van der Waals surface area contributed by atoms with Crippen molar-refractivity contribution in [3.63, 3.8) is 0 Å². The van der Waals surface area contributed by atoms with Crippen molar-refractivity contribution >= 4 is 10.1 Å². The van der Waals surface area contributed by atoms with Gasteiger partial charge < -0.3 is 9.84 Å². The molecule has 0 saturated carbocycles. The summed E-state index contributed by atoms with van der Waals surface area (Å²) in [6.45, 7) is 1.07. The van der Waals surface area contributed by atoms with Gasteiger partial charge in [-0.3, -0.25) is 18.5 Å². The van der Waals surface area contributed by atoms with Crippen molar-refractivity contribution in [1.82, 2.24) is 9.55 Å². The Bertz CT molecular complexity index is 736. The first kappa shape index (κ1) is 15.9. The van der Waals surface area contributed by atoms with Gasteiger partial charge in [0.1, 0.15) is 18.4 Å². The number of nitrogens with zero attached hydrogens (tertiary/aromatic N) is 1. The highest BCUT2D eigenvalue weighted by Gasteiger charge is 2.39. The number of ether oxygens (including phenoxy) is 1. The molecule has 9 nitrogen and oxygen atoms in total. The van der Waals surface area contributed by atoms with E-state index >= 15 is 0 Å². The third-order valence-electron chi connectivity index (χ3n) is 3.11. The van der Waals surface area contributed by atoms with E-state index in [0.29, 0.717) is 5.56 Å². The smallest absolute Gasteiger partial charge is 0.330 e. The topological polar surface area (TPSA) is 128 Å². The molecule has 1 aliphatic heterocycles. The second-order valence-electron chi connectivity index (χ2n) is 4.86. The van der Waals surface area contributed by atoms with Gasteiger partial charge in [-0.05, 0) is 6.92 Å². The van der Waals surface area contributed by atoms with Gasteiger partial charge in [0, 0.05) is 18.2 Å². The van der Waals surface area contributed by atoms with Gasteiger partial charge >= 0.3 is 5.69 Å². The summed E-state index contributed by atoms with van der Waals surface area (Å²) in [5.41, 5.74) is -0.865. The van der Waals surface area contributed by atoms with E-state index in [9.17, 15) is 23.1 Å². The summed E-state index contributed by atoms with van der Waals surface area (Å²) < 4.78 is 33.8. The van der Waals surface area contributed by atoms with Crippen molar-refractivity contribution < 1.29 is 22.4 Å². The second-order valence-corrected chi connectivity index (χ2v) is 6.47. The Morgan fingerprint density at radius 1 is 1.52 bits per heavy atom. The molecule has 1 aromatic heterocycles. The van der Waals surface area contributed by atoms with Crippen molar-refractivity contribution in [3.8, 4) is 0 Å². The summed E-state index contributed by atoms with van der Waals surface area (Å²) in [5.74, 6) is 0. The molecule has 0 spiro atoms. The molecule has 1 aromatic rings. The number of rotatable bonds is 4. The molecular formula is C11H16N2O7S. The molecule has 0 aliphatic carbocycles. The first-order chi connectivity index (χ1) is 9.71. The van der Waals surface area contributed by atoms with E-state index in [1.165, 1.54) is 13.1 Å². The molecule has 1 saturated heterocycles. The van der Waals surface area contributed by atoms with Gasteiger partial charge in [0.05, 0.1) is 12.9 Å². The molecule has 1 aliphatic rings. The number of hydrogen-bond acceptors (Lipinski definition) is 7. The van der Waals surface area contributed by atoms with Crippen molar-refractivity contribution in [3.05, 3.63) is 32.6 Å². The predicted octanol–water partition coefficient (Wildman–Crippen LogP) is -1.53. The lowest BCUT2D eigenvalue weighted by atomic mass is 10.2. The van der Waals surface area contributed by atoms with Gasteiger partial charge in [0.2, 0.25) is 0 Å². The molecule has 0 bridgehead atoms. The second kappa shape index (κ2) is 5.72. The third kappa shape index (κ3) is 3.59. The van der Waals surface area contributed by atoms with Crippen molar-refractivity contribution in [1.29, 1.82) is 0 Å². The molecule has 2 rings (SSSR count). The Hall–Kier alpha value is -1.49. The number of aliphatic hydroxyl groups is 1. The van der Waals surface area contributed by atoms with Crippen LogP contribution in [0.15, 0.2) is 15.8 Å². The fourth-order valence-electron chi connectivity index (χ4n) is 2.16. The minimum absolute atomic E-state index is 0.0592. The van der Waals surface area contributed by atoms with Crippen LogP contribution in [0.3, 0.4) is 0 Å². The van der Waals surface area contributed by atoms with Crippen molar-refractivity contribution in [2.45, 2.75) is 31.8 Å². The zero-order valence-electron chi connectivity index (χ0n) is 11.5. The Balaban J connectivity index is 2.29. The number of aliphatic hydroxyl groups excluding tert-OH is 1. The Kier molecular flexibility index (Phi) is 4.33. The van der Waals surface area contributed by atoms with Gasteiger partial charge in [-0.1, -0.05) is 0 Å². The van der Waals surface area contributed by atoms with Gasteiger partial charge in [0.15, 0.2) is 0 Å². The van der Waals surface area contributed by atoms with Crippen LogP contribution in [0.25, 0.3) is 0 Å². The van der Waals surface area contributed by atoms with Crippen LogP contribution in [0.4, 0.5) is 0 Å². The Morgan fingerprint density at radius 3 is 2.76 bits per heavy atom. The largest absolute Gasteiger partial charge is 0.394 e. The van der Waals surface area contributed by atoms with Crippen LogP contribution in [-0.4, -0.2) is 48.1 Å². The number of aromatic amines is 1. The fourth-order valence-corrected chi connectivity index (χ4v) is 2.81. The number of hydrogen-bond donors (Lipinski definition) is 2. The number of nitrogens with one attached hydrogen (secondary N) is 1. The minimum atomic E-state index is -3.72. The van der Waals surface area contributed by atoms with Crippen LogP contribution in [-0.2, 0) is 19.0 Å². The van der Waals surface area contributed by atoms with Crippen LogP contribution in [0.5, 0.6) is 0 Å². The molecule has 21 heavy (non-hydrogen) atoms. The normalized spacial score (nSPS) is 26.1. The van der Waals surface area contributed by atoms with E-state index in [4.69, 9.17) is 8.92 Å². The fraction of sp³-hybridized carbons (Fsp3) is 0.636. The number of aryl methyl sites for hydroxylation is 1. The standard InChI is InChI=1S/C11H16N2O7S/c1-6-4-13(11(16)12-10(6)15)9-3-7(8(5-14)19-9)20-21(2,17)18/h4,7-9,14H,3,5H2,1-2H3,(H,12,15,16)/t7-,8+,9+/m1/s1. The molecule has 0 amide bonds. The maximum absolute atomic E-state index is 11.8. The zero-order valence-corrected chi connectivity index (χ0v) is 12.3. The lowest BCUT2D eigenvalue weighted by Gasteiger charge is -2.15. The molecule has 1 fully saturated rings. The van der Waals surface area contributed by atoms with Crippen molar-refractivity contribution in [2.24, 2.45) is 0 Å². The molecule has 0 aromatic carbocycles. The number of aromatic nitrogens is 2. The van der Waals surface area contributed by atoms with E-state index < -0.39 is 46.4 Å².